The van der Waals surface area contributed by atoms with Gasteiger partial charge in [-0.3, -0.25) is 10.1 Å². The maximum atomic E-state index is 11.5. The molecule has 0 bridgehead atoms. The average molecular weight is 310 g/mol. The maximum absolute atomic E-state index is 11.5. The lowest BCUT2D eigenvalue weighted by Gasteiger charge is -2.27. The van der Waals surface area contributed by atoms with Gasteiger partial charge in [-0.1, -0.05) is 27.7 Å². The van der Waals surface area contributed by atoms with E-state index in [4.69, 9.17) is 4.74 Å². The number of ether oxygens (including phenoxy) is 1. The Bertz CT molecular complexity index is 494. The van der Waals surface area contributed by atoms with E-state index in [1.54, 1.807) is 0 Å². The minimum absolute atomic E-state index is 0.0301. The second kappa shape index (κ2) is 7.91. The van der Waals surface area contributed by atoms with E-state index in [1.165, 1.54) is 6.33 Å². The number of anilines is 1. The van der Waals surface area contributed by atoms with Crippen LogP contribution in [-0.4, -0.2) is 34.1 Å². The van der Waals surface area contributed by atoms with Crippen molar-refractivity contribution in [1.29, 1.82) is 0 Å². The molecule has 0 aliphatic carbocycles. The Labute approximate surface area is 131 Å². The molecule has 0 atom stereocenters. The van der Waals surface area contributed by atoms with Crippen molar-refractivity contribution < 1.29 is 9.66 Å². The molecular weight excluding hydrogens is 284 g/mol. The third-order valence-electron chi connectivity index (χ3n) is 2.77. The van der Waals surface area contributed by atoms with Crippen LogP contribution in [0.2, 0.25) is 0 Å². The number of rotatable bonds is 8. The van der Waals surface area contributed by atoms with Gasteiger partial charge in [0.25, 0.3) is 5.88 Å². The summed E-state index contributed by atoms with van der Waals surface area (Å²) < 4.78 is 5.49. The van der Waals surface area contributed by atoms with Crippen LogP contribution in [0.3, 0.4) is 0 Å². The molecule has 0 spiro atoms. The van der Waals surface area contributed by atoms with Crippen molar-refractivity contribution >= 4 is 11.5 Å². The molecule has 0 aromatic carbocycles. The monoisotopic (exact) mass is 310 g/mol. The fraction of sp³-hybridized carbons (Fsp3) is 0.733. The summed E-state index contributed by atoms with van der Waals surface area (Å²) in [7, 11) is 0. The molecule has 0 aliphatic heterocycles. The van der Waals surface area contributed by atoms with Crippen LogP contribution >= 0.6 is 0 Å². The first kappa shape index (κ1) is 18.1. The lowest BCUT2D eigenvalue weighted by atomic mass is 10.1. The highest BCUT2D eigenvalue weighted by Crippen LogP contribution is 2.34. The first-order valence-electron chi connectivity index (χ1n) is 7.63. The van der Waals surface area contributed by atoms with Gasteiger partial charge in [-0.05, 0) is 25.7 Å². The van der Waals surface area contributed by atoms with Gasteiger partial charge < -0.3 is 9.64 Å². The average Bonchev–Trinajstić information content (AvgIpc) is 2.35. The largest absolute Gasteiger partial charge is 0.470 e. The second-order valence-electron chi connectivity index (χ2n) is 6.47. The van der Waals surface area contributed by atoms with Gasteiger partial charge in [0.15, 0.2) is 0 Å². The van der Waals surface area contributed by atoms with Crippen molar-refractivity contribution in [2.24, 2.45) is 11.8 Å². The van der Waals surface area contributed by atoms with E-state index in [2.05, 4.69) is 37.7 Å². The van der Waals surface area contributed by atoms with Gasteiger partial charge in [0.05, 0.1) is 11.0 Å². The van der Waals surface area contributed by atoms with Crippen LogP contribution in [0.4, 0.5) is 11.5 Å². The van der Waals surface area contributed by atoms with Crippen LogP contribution < -0.4 is 9.64 Å². The Balaban J connectivity index is 3.31. The molecule has 1 aromatic heterocycles. The highest BCUT2D eigenvalue weighted by molar-refractivity contribution is 5.62. The normalized spacial score (nSPS) is 11.3. The molecule has 22 heavy (non-hydrogen) atoms. The van der Waals surface area contributed by atoms with Gasteiger partial charge in [-0.2, -0.15) is 4.98 Å². The first-order valence-corrected chi connectivity index (χ1v) is 7.63. The molecule has 7 heteroatoms. The van der Waals surface area contributed by atoms with Crippen molar-refractivity contribution in [3.8, 4) is 5.88 Å². The molecule has 0 radical (unpaired) electrons. The van der Waals surface area contributed by atoms with Crippen LogP contribution in [0.15, 0.2) is 6.33 Å². The second-order valence-corrected chi connectivity index (χ2v) is 6.47. The van der Waals surface area contributed by atoms with E-state index in [9.17, 15) is 10.1 Å². The number of aromatic nitrogens is 2. The Hall–Kier alpha value is -1.92. The third-order valence-corrected chi connectivity index (χ3v) is 2.77. The summed E-state index contributed by atoms with van der Waals surface area (Å²) in [6.45, 7) is 13.3. The smallest absolute Gasteiger partial charge is 0.372 e. The van der Waals surface area contributed by atoms with Gasteiger partial charge in [0.1, 0.15) is 6.33 Å². The fourth-order valence-electron chi connectivity index (χ4n) is 2.18. The Morgan fingerprint density at radius 1 is 1.14 bits per heavy atom. The molecule has 1 heterocycles. The highest BCUT2D eigenvalue weighted by atomic mass is 16.6. The van der Waals surface area contributed by atoms with Crippen LogP contribution in [0, 0.1) is 22.0 Å². The predicted molar refractivity (Wildman–Crippen MR) is 86.3 cm³/mol. The molecule has 0 amide bonds. The van der Waals surface area contributed by atoms with Gasteiger partial charge in [-0.15, -0.1) is 0 Å². The Morgan fingerprint density at radius 2 is 1.68 bits per heavy atom. The summed E-state index contributed by atoms with van der Waals surface area (Å²) in [6.07, 6.45) is 1.14. The zero-order valence-electron chi connectivity index (χ0n) is 14.2. The Kier molecular flexibility index (Phi) is 6.52. The van der Waals surface area contributed by atoms with Gasteiger partial charge in [0, 0.05) is 13.1 Å². The quantitative estimate of drug-likeness (QED) is 0.541. The molecule has 7 nitrogen and oxygen atoms in total. The van der Waals surface area contributed by atoms with E-state index in [-0.39, 0.29) is 17.7 Å². The zero-order chi connectivity index (χ0) is 16.9. The molecule has 1 aromatic rings. The third kappa shape index (κ3) is 5.13. The van der Waals surface area contributed by atoms with Crippen LogP contribution in [0.1, 0.15) is 41.5 Å². The van der Waals surface area contributed by atoms with Gasteiger partial charge in [0.2, 0.25) is 5.82 Å². The highest BCUT2D eigenvalue weighted by Gasteiger charge is 2.29. The lowest BCUT2D eigenvalue weighted by molar-refractivity contribution is -0.385. The molecule has 1 rings (SSSR count). The molecule has 0 saturated carbocycles. The molecule has 0 aliphatic rings. The summed E-state index contributed by atoms with van der Waals surface area (Å²) in [5.41, 5.74) is -0.155. The van der Waals surface area contributed by atoms with E-state index in [1.807, 2.05) is 18.7 Å². The molecular formula is C15H26N4O3. The van der Waals surface area contributed by atoms with E-state index < -0.39 is 4.92 Å². The lowest BCUT2D eigenvalue weighted by Crippen LogP contribution is -2.32. The summed E-state index contributed by atoms with van der Waals surface area (Å²) in [5.74, 6) is 1.09. The molecule has 0 saturated heterocycles. The number of nitro groups is 1. The summed E-state index contributed by atoms with van der Waals surface area (Å²) in [5, 5.41) is 11.5. The van der Waals surface area contributed by atoms with Crippen molar-refractivity contribution in [1.82, 2.24) is 9.97 Å². The maximum Gasteiger partial charge on any atom is 0.372 e. The molecule has 0 N–H and O–H groups in total. The summed E-state index contributed by atoms with van der Waals surface area (Å²) >= 11 is 0. The van der Waals surface area contributed by atoms with Crippen molar-refractivity contribution in [3.05, 3.63) is 16.4 Å². The minimum atomic E-state index is -0.458. The topological polar surface area (TPSA) is 81.4 Å². The van der Waals surface area contributed by atoms with Crippen LogP contribution in [0.25, 0.3) is 0 Å². The van der Waals surface area contributed by atoms with E-state index in [0.29, 0.717) is 30.7 Å². The molecule has 0 unspecified atom stereocenters. The van der Waals surface area contributed by atoms with E-state index >= 15 is 0 Å². The summed E-state index contributed by atoms with van der Waals surface area (Å²) in [6, 6.07) is 0. The number of nitrogens with zero attached hydrogens (tertiary/aromatic N) is 4. The van der Waals surface area contributed by atoms with Crippen LogP contribution in [0.5, 0.6) is 5.88 Å². The molecule has 124 valence electrons. The van der Waals surface area contributed by atoms with E-state index in [0.717, 1.165) is 0 Å². The van der Waals surface area contributed by atoms with Gasteiger partial charge in [-0.25, -0.2) is 4.98 Å². The molecule has 0 fully saturated rings. The van der Waals surface area contributed by atoms with Gasteiger partial charge >= 0.3 is 5.69 Å². The standard InChI is InChI=1S/C15H26N4O3/c1-10(2)7-18(8-11(3)4)14-13(19(20)21)15(17-9-16-14)22-12(5)6/h9-12H,7-8H2,1-6H3. The van der Waals surface area contributed by atoms with Crippen LogP contribution in [-0.2, 0) is 0 Å². The van der Waals surface area contributed by atoms with Crippen molar-refractivity contribution in [2.75, 3.05) is 18.0 Å². The fourth-order valence-corrected chi connectivity index (χ4v) is 2.18. The number of hydrogen-bond acceptors (Lipinski definition) is 6. The Morgan fingerprint density at radius 3 is 2.09 bits per heavy atom. The first-order chi connectivity index (χ1) is 10.2. The SMILES string of the molecule is CC(C)CN(CC(C)C)c1ncnc(OC(C)C)c1[N+](=O)[O-]. The summed E-state index contributed by atoms with van der Waals surface area (Å²) in [4.78, 5) is 21.1. The zero-order valence-corrected chi connectivity index (χ0v) is 14.2. The van der Waals surface area contributed by atoms with Crippen molar-refractivity contribution in [3.63, 3.8) is 0 Å². The predicted octanol–water partition coefficient (Wildman–Crippen LogP) is 3.29. The number of hydrogen-bond donors (Lipinski definition) is 0. The minimum Gasteiger partial charge on any atom is -0.470 e. The van der Waals surface area contributed by atoms with Crippen molar-refractivity contribution in [2.45, 2.75) is 47.6 Å².